The molecule has 1 fully saturated rings. The fraction of sp³-hybridized carbons (Fsp3) is 0.550. The van der Waals surface area contributed by atoms with Gasteiger partial charge in [-0.05, 0) is 49.5 Å². The van der Waals surface area contributed by atoms with E-state index in [2.05, 4.69) is 38.6 Å². The standard InChI is InChI=1S/C20H27NO3/c1-4-19(23)21(17-7-5-6-8-18(17)22)12-14-9-10-16-15(11-14)13-24-20(16,2)3/h4,9-11,17-18,22H,1,5-8,12-13H2,2-3H3/t17-,18+/m1/s1. The van der Waals surface area contributed by atoms with Crippen LogP contribution in [0.3, 0.4) is 0 Å². The zero-order valence-corrected chi connectivity index (χ0v) is 14.6. The molecule has 1 heterocycles. The zero-order valence-electron chi connectivity index (χ0n) is 14.6. The molecule has 1 aliphatic carbocycles. The number of fused-ring (bicyclic) bond motifs is 1. The Labute approximate surface area is 144 Å². The molecule has 3 rings (SSSR count). The molecule has 4 nitrogen and oxygen atoms in total. The van der Waals surface area contributed by atoms with Gasteiger partial charge in [-0.1, -0.05) is 37.6 Å². The van der Waals surface area contributed by atoms with E-state index in [0.717, 1.165) is 31.2 Å². The van der Waals surface area contributed by atoms with Crippen LogP contribution in [0.5, 0.6) is 0 Å². The summed E-state index contributed by atoms with van der Waals surface area (Å²) < 4.78 is 5.84. The predicted octanol–water partition coefficient (Wildman–Crippen LogP) is 3.27. The summed E-state index contributed by atoms with van der Waals surface area (Å²) in [6.07, 6.45) is 4.59. The van der Waals surface area contributed by atoms with Crippen LogP contribution in [0.15, 0.2) is 30.9 Å². The van der Waals surface area contributed by atoms with E-state index in [9.17, 15) is 9.90 Å². The molecule has 130 valence electrons. The van der Waals surface area contributed by atoms with E-state index in [0.29, 0.717) is 13.2 Å². The van der Waals surface area contributed by atoms with Crippen LogP contribution in [0.4, 0.5) is 0 Å². The summed E-state index contributed by atoms with van der Waals surface area (Å²) in [6.45, 7) is 8.88. The maximum absolute atomic E-state index is 12.4. The van der Waals surface area contributed by atoms with E-state index < -0.39 is 6.10 Å². The van der Waals surface area contributed by atoms with Crippen LogP contribution in [0.25, 0.3) is 0 Å². The summed E-state index contributed by atoms with van der Waals surface area (Å²) in [6, 6.07) is 6.17. The van der Waals surface area contributed by atoms with Gasteiger partial charge in [0.1, 0.15) is 0 Å². The van der Waals surface area contributed by atoms with Crippen LogP contribution < -0.4 is 0 Å². The van der Waals surface area contributed by atoms with Gasteiger partial charge in [0.2, 0.25) is 5.91 Å². The largest absolute Gasteiger partial charge is 0.391 e. The first-order valence-corrected chi connectivity index (χ1v) is 8.80. The molecule has 1 aromatic carbocycles. The van der Waals surface area contributed by atoms with Gasteiger partial charge in [-0.2, -0.15) is 0 Å². The molecule has 0 aromatic heterocycles. The number of amides is 1. The number of ether oxygens (including phenoxy) is 1. The maximum atomic E-state index is 12.4. The normalized spacial score (nSPS) is 25.1. The van der Waals surface area contributed by atoms with Crippen LogP contribution >= 0.6 is 0 Å². The number of hydrogen-bond donors (Lipinski definition) is 1. The molecule has 0 radical (unpaired) electrons. The lowest BCUT2D eigenvalue weighted by Crippen LogP contribution is -2.47. The lowest BCUT2D eigenvalue weighted by atomic mass is 9.90. The lowest BCUT2D eigenvalue weighted by Gasteiger charge is -2.37. The first-order chi connectivity index (χ1) is 11.4. The summed E-state index contributed by atoms with van der Waals surface area (Å²) in [5.74, 6) is -0.113. The topological polar surface area (TPSA) is 49.8 Å². The molecule has 2 atom stereocenters. The average Bonchev–Trinajstić information content (AvgIpc) is 2.87. The van der Waals surface area contributed by atoms with E-state index in [1.165, 1.54) is 17.2 Å². The van der Waals surface area contributed by atoms with Crippen molar-refractivity contribution >= 4 is 5.91 Å². The molecular formula is C20H27NO3. The number of carbonyl (C=O) groups is 1. The molecule has 0 unspecified atom stereocenters. The molecule has 0 spiro atoms. The Morgan fingerprint density at radius 3 is 2.88 bits per heavy atom. The third-order valence-electron chi connectivity index (χ3n) is 5.31. The molecule has 24 heavy (non-hydrogen) atoms. The zero-order chi connectivity index (χ0) is 17.3. The fourth-order valence-electron chi connectivity index (χ4n) is 3.92. The van der Waals surface area contributed by atoms with Crippen molar-refractivity contribution in [2.24, 2.45) is 0 Å². The first-order valence-electron chi connectivity index (χ1n) is 8.80. The van der Waals surface area contributed by atoms with E-state index in [-0.39, 0.29) is 17.6 Å². The molecule has 1 aromatic rings. The molecule has 4 heteroatoms. The van der Waals surface area contributed by atoms with Crippen molar-refractivity contribution < 1.29 is 14.6 Å². The van der Waals surface area contributed by atoms with Crippen molar-refractivity contribution in [3.8, 4) is 0 Å². The number of benzene rings is 1. The molecular weight excluding hydrogens is 302 g/mol. The summed E-state index contributed by atoms with van der Waals surface area (Å²) >= 11 is 0. The number of aliphatic hydroxyl groups is 1. The van der Waals surface area contributed by atoms with Crippen molar-refractivity contribution in [3.05, 3.63) is 47.5 Å². The summed E-state index contributed by atoms with van der Waals surface area (Å²) in [4.78, 5) is 14.1. The Hall–Kier alpha value is -1.65. The summed E-state index contributed by atoms with van der Waals surface area (Å²) in [7, 11) is 0. The highest BCUT2D eigenvalue weighted by Gasteiger charge is 2.33. The highest BCUT2D eigenvalue weighted by atomic mass is 16.5. The number of rotatable bonds is 4. The second-order valence-electron chi connectivity index (χ2n) is 7.38. The van der Waals surface area contributed by atoms with Crippen LogP contribution in [0.1, 0.15) is 56.2 Å². The van der Waals surface area contributed by atoms with Gasteiger partial charge in [-0.25, -0.2) is 0 Å². The molecule has 1 aliphatic heterocycles. The Balaban J connectivity index is 1.83. The average molecular weight is 329 g/mol. The van der Waals surface area contributed by atoms with Gasteiger partial charge < -0.3 is 14.7 Å². The third kappa shape index (κ3) is 3.26. The van der Waals surface area contributed by atoms with Gasteiger partial charge >= 0.3 is 0 Å². The van der Waals surface area contributed by atoms with Gasteiger partial charge in [-0.3, -0.25) is 4.79 Å². The van der Waals surface area contributed by atoms with Crippen molar-refractivity contribution in [3.63, 3.8) is 0 Å². The van der Waals surface area contributed by atoms with E-state index in [4.69, 9.17) is 4.74 Å². The van der Waals surface area contributed by atoms with Gasteiger partial charge in [0.15, 0.2) is 0 Å². The van der Waals surface area contributed by atoms with Crippen LogP contribution in [-0.2, 0) is 28.3 Å². The van der Waals surface area contributed by atoms with E-state index >= 15 is 0 Å². The second kappa shape index (κ2) is 6.69. The van der Waals surface area contributed by atoms with Crippen molar-refractivity contribution in [1.29, 1.82) is 0 Å². The van der Waals surface area contributed by atoms with Crippen molar-refractivity contribution in [2.75, 3.05) is 0 Å². The minimum Gasteiger partial charge on any atom is -0.391 e. The Bertz CT molecular complexity index is 638. The van der Waals surface area contributed by atoms with Crippen LogP contribution in [-0.4, -0.2) is 28.1 Å². The summed E-state index contributed by atoms with van der Waals surface area (Å²) in [5.41, 5.74) is 3.23. The summed E-state index contributed by atoms with van der Waals surface area (Å²) in [5, 5.41) is 10.3. The van der Waals surface area contributed by atoms with Crippen molar-refractivity contribution in [2.45, 2.75) is 70.4 Å². The van der Waals surface area contributed by atoms with E-state index in [1.807, 2.05) is 0 Å². The third-order valence-corrected chi connectivity index (χ3v) is 5.31. The lowest BCUT2D eigenvalue weighted by molar-refractivity contribution is -0.132. The van der Waals surface area contributed by atoms with Crippen LogP contribution in [0, 0.1) is 0 Å². The Kier molecular flexibility index (Phi) is 4.79. The quantitative estimate of drug-likeness (QED) is 0.863. The minimum atomic E-state index is -0.445. The SMILES string of the molecule is C=CC(=O)N(Cc1ccc2c(c1)COC2(C)C)[C@@H]1CCCC[C@@H]1O. The van der Waals surface area contributed by atoms with Gasteiger partial charge in [0.05, 0.1) is 24.4 Å². The van der Waals surface area contributed by atoms with Gasteiger partial charge in [0, 0.05) is 6.54 Å². The predicted molar refractivity (Wildman–Crippen MR) is 93.3 cm³/mol. The number of carbonyl (C=O) groups excluding carboxylic acids is 1. The van der Waals surface area contributed by atoms with E-state index in [1.54, 1.807) is 4.90 Å². The van der Waals surface area contributed by atoms with Crippen molar-refractivity contribution in [1.82, 2.24) is 4.90 Å². The van der Waals surface area contributed by atoms with Gasteiger partial charge in [-0.15, -0.1) is 0 Å². The molecule has 1 N–H and O–H groups in total. The molecule has 1 amide bonds. The molecule has 1 saturated carbocycles. The maximum Gasteiger partial charge on any atom is 0.246 e. The number of hydrogen-bond acceptors (Lipinski definition) is 3. The highest BCUT2D eigenvalue weighted by Crippen LogP contribution is 2.36. The number of aliphatic hydroxyl groups excluding tert-OH is 1. The second-order valence-corrected chi connectivity index (χ2v) is 7.38. The van der Waals surface area contributed by atoms with Gasteiger partial charge in [0.25, 0.3) is 0 Å². The monoisotopic (exact) mass is 329 g/mol. The number of nitrogens with zero attached hydrogens (tertiary/aromatic N) is 1. The smallest absolute Gasteiger partial charge is 0.246 e. The highest BCUT2D eigenvalue weighted by molar-refractivity contribution is 5.87. The molecule has 0 saturated heterocycles. The first kappa shape index (κ1) is 17.2. The van der Waals surface area contributed by atoms with Crippen LogP contribution in [0.2, 0.25) is 0 Å². The Morgan fingerprint density at radius 2 is 2.17 bits per heavy atom. The molecule has 2 aliphatic rings. The Morgan fingerprint density at radius 1 is 1.42 bits per heavy atom. The minimum absolute atomic E-state index is 0.113. The fourth-order valence-corrected chi connectivity index (χ4v) is 3.92. The molecule has 0 bridgehead atoms.